The average Bonchev–Trinajstić information content (AvgIpc) is 2.35. The summed E-state index contributed by atoms with van der Waals surface area (Å²) in [7, 11) is 1.79. The predicted molar refractivity (Wildman–Crippen MR) is 64.5 cm³/mol. The molecule has 1 aromatic heterocycles. The van der Waals surface area contributed by atoms with Crippen LogP contribution in [-0.4, -0.2) is 12.0 Å². The first-order valence-electron chi connectivity index (χ1n) is 5.39. The van der Waals surface area contributed by atoms with Crippen molar-refractivity contribution in [3.63, 3.8) is 0 Å². The standard InChI is InChI=1S/C13H12F2N2O/c1-16-11-2-3-17-12(7-11)8-18-13-5-9(14)4-10(15)6-13/h2-7H,8H2,1H3,(H,16,17). The molecule has 0 aliphatic rings. The summed E-state index contributed by atoms with van der Waals surface area (Å²) in [5.74, 6) is -1.19. The van der Waals surface area contributed by atoms with Gasteiger partial charge in [-0.25, -0.2) is 8.78 Å². The summed E-state index contributed by atoms with van der Waals surface area (Å²) in [6.07, 6.45) is 1.64. The number of hydrogen-bond acceptors (Lipinski definition) is 3. The number of hydrogen-bond donors (Lipinski definition) is 1. The number of ether oxygens (including phenoxy) is 1. The van der Waals surface area contributed by atoms with Gasteiger partial charge in [-0.1, -0.05) is 0 Å². The lowest BCUT2D eigenvalue weighted by molar-refractivity contribution is 0.298. The fourth-order valence-corrected chi connectivity index (χ4v) is 1.48. The molecule has 0 saturated carbocycles. The van der Waals surface area contributed by atoms with E-state index in [0.717, 1.165) is 23.9 Å². The molecule has 1 aromatic carbocycles. The van der Waals surface area contributed by atoms with Crippen molar-refractivity contribution in [2.45, 2.75) is 6.61 Å². The Morgan fingerprint density at radius 3 is 2.56 bits per heavy atom. The van der Waals surface area contributed by atoms with Crippen molar-refractivity contribution in [1.29, 1.82) is 0 Å². The molecule has 0 bridgehead atoms. The summed E-state index contributed by atoms with van der Waals surface area (Å²) in [5, 5.41) is 2.97. The van der Waals surface area contributed by atoms with Crippen LogP contribution in [0.15, 0.2) is 36.5 Å². The van der Waals surface area contributed by atoms with E-state index in [0.29, 0.717) is 5.69 Å². The Bertz CT molecular complexity index is 526. The third-order valence-electron chi connectivity index (χ3n) is 2.33. The summed E-state index contributed by atoms with van der Waals surface area (Å²) >= 11 is 0. The Morgan fingerprint density at radius 1 is 1.17 bits per heavy atom. The Morgan fingerprint density at radius 2 is 1.89 bits per heavy atom. The quantitative estimate of drug-likeness (QED) is 0.905. The van der Waals surface area contributed by atoms with Gasteiger partial charge in [0.05, 0.1) is 5.69 Å². The van der Waals surface area contributed by atoms with E-state index >= 15 is 0 Å². The molecule has 2 rings (SSSR count). The lowest BCUT2D eigenvalue weighted by Crippen LogP contribution is -2.00. The first-order valence-corrected chi connectivity index (χ1v) is 5.39. The van der Waals surface area contributed by atoms with Crippen LogP contribution in [-0.2, 0) is 6.61 Å². The minimum absolute atomic E-state index is 0.143. The van der Waals surface area contributed by atoms with Crippen LogP contribution in [0.1, 0.15) is 5.69 Å². The van der Waals surface area contributed by atoms with Crippen molar-refractivity contribution in [2.75, 3.05) is 12.4 Å². The van der Waals surface area contributed by atoms with E-state index in [9.17, 15) is 8.78 Å². The van der Waals surface area contributed by atoms with Gasteiger partial charge in [0.25, 0.3) is 0 Å². The second-order valence-corrected chi connectivity index (χ2v) is 3.68. The number of benzene rings is 1. The first-order chi connectivity index (χ1) is 8.67. The van der Waals surface area contributed by atoms with Crippen LogP contribution in [0.25, 0.3) is 0 Å². The highest BCUT2D eigenvalue weighted by Crippen LogP contribution is 2.17. The Kier molecular flexibility index (Phi) is 3.72. The zero-order valence-electron chi connectivity index (χ0n) is 9.78. The number of aromatic nitrogens is 1. The highest BCUT2D eigenvalue weighted by molar-refractivity contribution is 5.42. The van der Waals surface area contributed by atoms with Crippen LogP contribution in [0.2, 0.25) is 0 Å². The third-order valence-corrected chi connectivity index (χ3v) is 2.33. The van der Waals surface area contributed by atoms with Gasteiger partial charge in [0.1, 0.15) is 24.0 Å². The molecule has 0 radical (unpaired) electrons. The van der Waals surface area contributed by atoms with Crippen LogP contribution < -0.4 is 10.1 Å². The van der Waals surface area contributed by atoms with Crippen molar-refractivity contribution in [1.82, 2.24) is 4.98 Å². The Balaban J connectivity index is 2.06. The molecule has 1 heterocycles. The second kappa shape index (κ2) is 5.44. The van der Waals surface area contributed by atoms with E-state index in [1.807, 2.05) is 6.07 Å². The SMILES string of the molecule is CNc1ccnc(COc2cc(F)cc(F)c2)c1. The second-order valence-electron chi connectivity index (χ2n) is 3.68. The normalized spacial score (nSPS) is 10.2. The average molecular weight is 250 g/mol. The Labute approximate surface area is 103 Å². The molecule has 18 heavy (non-hydrogen) atoms. The van der Waals surface area contributed by atoms with Gasteiger partial charge in [-0.15, -0.1) is 0 Å². The predicted octanol–water partition coefficient (Wildman–Crippen LogP) is 2.98. The number of halogens is 2. The molecule has 0 spiro atoms. The third kappa shape index (κ3) is 3.16. The van der Waals surface area contributed by atoms with Crippen LogP contribution >= 0.6 is 0 Å². The van der Waals surface area contributed by atoms with Crippen molar-refractivity contribution < 1.29 is 13.5 Å². The number of nitrogens with zero attached hydrogens (tertiary/aromatic N) is 1. The number of pyridine rings is 1. The summed E-state index contributed by atoms with van der Waals surface area (Å²) in [6.45, 7) is 0.151. The maximum atomic E-state index is 12.9. The molecular weight excluding hydrogens is 238 g/mol. The maximum Gasteiger partial charge on any atom is 0.130 e. The molecule has 0 amide bonds. The molecule has 5 heteroatoms. The van der Waals surface area contributed by atoms with Gasteiger partial charge in [-0.2, -0.15) is 0 Å². The fourth-order valence-electron chi connectivity index (χ4n) is 1.48. The molecule has 0 aliphatic carbocycles. The maximum absolute atomic E-state index is 12.9. The van der Waals surface area contributed by atoms with E-state index in [4.69, 9.17) is 4.74 Å². The monoisotopic (exact) mass is 250 g/mol. The Hall–Kier alpha value is -2.17. The summed E-state index contributed by atoms with van der Waals surface area (Å²) < 4.78 is 31.1. The minimum atomic E-state index is -0.665. The van der Waals surface area contributed by atoms with Gasteiger partial charge >= 0.3 is 0 Å². The largest absolute Gasteiger partial charge is 0.487 e. The molecule has 0 saturated heterocycles. The van der Waals surface area contributed by atoms with Gasteiger partial charge < -0.3 is 10.1 Å². The van der Waals surface area contributed by atoms with Crippen molar-refractivity contribution in [3.05, 3.63) is 53.9 Å². The van der Waals surface area contributed by atoms with Gasteiger partial charge in [0.2, 0.25) is 0 Å². The van der Waals surface area contributed by atoms with E-state index in [1.165, 1.54) is 0 Å². The smallest absolute Gasteiger partial charge is 0.130 e. The molecule has 0 unspecified atom stereocenters. The lowest BCUT2D eigenvalue weighted by Gasteiger charge is -2.07. The van der Waals surface area contributed by atoms with Gasteiger partial charge in [-0.3, -0.25) is 4.98 Å². The highest BCUT2D eigenvalue weighted by atomic mass is 19.1. The molecule has 94 valence electrons. The lowest BCUT2D eigenvalue weighted by atomic mass is 10.3. The van der Waals surface area contributed by atoms with Crippen molar-refractivity contribution in [3.8, 4) is 5.75 Å². The molecular formula is C13H12F2N2O. The first kappa shape index (κ1) is 12.3. The summed E-state index contributed by atoms with van der Waals surface area (Å²) in [4.78, 5) is 4.09. The molecule has 2 aromatic rings. The molecule has 3 nitrogen and oxygen atoms in total. The van der Waals surface area contributed by atoms with Gasteiger partial charge in [0, 0.05) is 37.1 Å². The van der Waals surface area contributed by atoms with Crippen LogP contribution in [0.4, 0.5) is 14.5 Å². The van der Waals surface area contributed by atoms with E-state index in [1.54, 1.807) is 19.3 Å². The summed E-state index contributed by atoms with van der Waals surface area (Å²) in [6, 6.07) is 6.67. The van der Waals surface area contributed by atoms with Crippen molar-refractivity contribution >= 4 is 5.69 Å². The van der Waals surface area contributed by atoms with Crippen molar-refractivity contribution in [2.24, 2.45) is 0 Å². The van der Waals surface area contributed by atoms with E-state index in [-0.39, 0.29) is 12.4 Å². The van der Waals surface area contributed by atoms with Gasteiger partial charge in [0.15, 0.2) is 0 Å². The molecule has 0 fully saturated rings. The topological polar surface area (TPSA) is 34.2 Å². The molecule has 0 atom stereocenters. The molecule has 0 aliphatic heterocycles. The van der Waals surface area contributed by atoms with E-state index in [2.05, 4.69) is 10.3 Å². The van der Waals surface area contributed by atoms with Crippen LogP contribution in [0, 0.1) is 11.6 Å². The zero-order chi connectivity index (χ0) is 13.0. The number of anilines is 1. The number of rotatable bonds is 4. The van der Waals surface area contributed by atoms with Crippen LogP contribution in [0.3, 0.4) is 0 Å². The molecule has 1 N–H and O–H groups in total. The van der Waals surface area contributed by atoms with Gasteiger partial charge in [-0.05, 0) is 12.1 Å². The highest BCUT2D eigenvalue weighted by Gasteiger charge is 2.03. The summed E-state index contributed by atoms with van der Waals surface area (Å²) in [5.41, 5.74) is 1.57. The fraction of sp³-hybridized carbons (Fsp3) is 0.154. The zero-order valence-corrected chi connectivity index (χ0v) is 9.78. The van der Waals surface area contributed by atoms with Crippen LogP contribution in [0.5, 0.6) is 5.75 Å². The van der Waals surface area contributed by atoms with E-state index < -0.39 is 11.6 Å². The minimum Gasteiger partial charge on any atom is -0.487 e. The number of nitrogens with one attached hydrogen (secondary N) is 1.